The van der Waals surface area contributed by atoms with E-state index in [0.717, 1.165) is 3.57 Å². The van der Waals surface area contributed by atoms with E-state index < -0.39 is 0 Å². The van der Waals surface area contributed by atoms with Crippen LogP contribution in [0.3, 0.4) is 0 Å². The Hall–Kier alpha value is -0.370. The molecule has 0 fully saturated rings. The highest BCUT2D eigenvalue weighted by Gasteiger charge is 2.09. The van der Waals surface area contributed by atoms with Gasteiger partial charge in [0.05, 0.1) is 11.5 Å². The Labute approximate surface area is 115 Å². The first-order valence-corrected chi connectivity index (χ1v) is 6.66. The zero-order valence-corrected chi connectivity index (χ0v) is 11.7. The summed E-state index contributed by atoms with van der Waals surface area (Å²) >= 11 is 9.26. The molecule has 1 aromatic heterocycles. The van der Waals surface area contributed by atoms with Gasteiger partial charge in [0, 0.05) is 3.57 Å². The number of hydrogen-bond donors (Lipinski definition) is 1. The standard InChI is InChI=1S/C10H7ClINO2S/c11-9-8(5-14)16-10(13-9)15-7-3-1-6(12)2-4-7/h1-4,14H,5H2. The molecule has 2 aromatic rings. The number of thiazole rings is 1. The van der Waals surface area contributed by atoms with Crippen LogP contribution in [0, 0.1) is 3.57 Å². The van der Waals surface area contributed by atoms with Gasteiger partial charge in [0.2, 0.25) is 0 Å². The molecule has 6 heteroatoms. The van der Waals surface area contributed by atoms with Gasteiger partial charge in [0.25, 0.3) is 5.19 Å². The Morgan fingerprint density at radius 2 is 2.06 bits per heavy atom. The molecule has 0 saturated heterocycles. The topological polar surface area (TPSA) is 42.4 Å². The Balaban J connectivity index is 2.17. The smallest absolute Gasteiger partial charge is 0.280 e. The molecular weight excluding hydrogens is 361 g/mol. The number of aromatic nitrogens is 1. The van der Waals surface area contributed by atoms with Crippen molar-refractivity contribution >= 4 is 45.5 Å². The quantitative estimate of drug-likeness (QED) is 0.842. The number of aliphatic hydroxyl groups is 1. The molecule has 0 bridgehead atoms. The molecule has 0 aliphatic rings. The molecule has 0 amide bonds. The minimum atomic E-state index is -0.119. The molecule has 0 radical (unpaired) electrons. The van der Waals surface area contributed by atoms with E-state index in [0.29, 0.717) is 21.0 Å². The second-order valence-corrected chi connectivity index (χ2v) is 5.56. The van der Waals surface area contributed by atoms with Crippen LogP contribution in [0.15, 0.2) is 24.3 Å². The predicted molar refractivity (Wildman–Crippen MR) is 72.3 cm³/mol. The summed E-state index contributed by atoms with van der Waals surface area (Å²) < 4.78 is 6.64. The zero-order chi connectivity index (χ0) is 11.5. The van der Waals surface area contributed by atoms with Gasteiger partial charge in [-0.3, -0.25) is 0 Å². The summed E-state index contributed by atoms with van der Waals surface area (Å²) in [6.07, 6.45) is 0. The lowest BCUT2D eigenvalue weighted by Gasteiger charge is -2.00. The first-order chi connectivity index (χ1) is 7.69. The Morgan fingerprint density at radius 1 is 1.38 bits per heavy atom. The molecule has 3 nitrogen and oxygen atoms in total. The normalized spacial score (nSPS) is 10.4. The lowest BCUT2D eigenvalue weighted by molar-refractivity contribution is 0.285. The largest absolute Gasteiger partial charge is 0.431 e. The molecule has 0 unspecified atom stereocenters. The minimum Gasteiger partial charge on any atom is -0.431 e. The average Bonchev–Trinajstić information content (AvgIpc) is 2.62. The van der Waals surface area contributed by atoms with Crippen molar-refractivity contribution in [2.24, 2.45) is 0 Å². The first kappa shape index (κ1) is 12.1. The molecule has 0 atom stereocenters. The van der Waals surface area contributed by atoms with Gasteiger partial charge in [-0.05, 0) is 46.9 Å². The van der Waals surface area contributed by atoms with Crippen molar-refractivity contribution in [3.63, 3.8) is 0 Å². The van der Waals surface area contributed by atoms with Gasteiger partial charge >= 0.3 is 0 Å². The van der Waals surface area contributed by atoms with E-state index in [1.807, 2.05) is 24.3 Å². The molecule has 0 aliphatic carbocycles. The van der Waals surface area contributed by atoms with E-state index in [-0.39, 0.29) is 6.61 Å². The first-order valence-electron chi connectivity index (χ1n) is 4.38. The van der Waals surface area contributed by atoms with Crippen LogP contribution < -0.4 is 4.74 Å². The lowest BCUT2D eigenvalue weighted by atomic mass is 10.3. The summed E-state index contributed by atoms with van der Waals surface area (Å²) in [5.41, 5.74) is 0. The number of benzene rings is 1. The van der Waals surface area contributed by atoms with E-state index in [2.05, 4.69) is 27.6 Å². The van der Waals surface area contributed by atoms with Crippen LogP contribution in [0.1, 0.15) is 4.88 Å². The fraction of sp³-hybridized carbons (Fsp3) is 0.100. The molecule has 16 heavy (non-hydrogen) atoms. The van der Waals surface area contributed by atoms with Crippen LogP contribution in [-0.2, 0) is 6.61 Å². The number of halogens is 2. The lowest BCUT2D eigenvalue weighted by Crippen LogP contribution is -1.82. The van der Waals surface area contributed by atoms with Crippen LogP contribution in [0.2, 0.25) is 5.15 Å². The van der Waals surface area contributed by atoms with Gasteiger partial charge in [-0.15, -0.1) is 0 Å². The van der Waals surface area contributed by atoms with Gasteiger partial charge in [-0.25, -0.2) is 0 Å². The van der Waals surface area contributed by atoms with Crippen molar-refractivity contribution in [2.45, 2.75) is 6.61 Å². The van der Waals surface area contributed by atoms with Gasteiger partial charge in [-0.2, -0.15) is 4.98 Å². The van der Waals surface area contributed by atoms with Crippen molar-refractivity contribution < 1.29 is 9.84 Å². The highest BCUT2D eigenvalue weighted by atomic mass is 127. The second-order valence-electron chi connectivity index (χ2n) is 2.91. The van der Waals surface area contributed by atoms with E-state index in [4.69, 9.17) is 21.4 Å². The summed E-state index contributed by atoms with van der Waals surface area (Å²) in [6.45, 7) is -0.119. The maximum absolute atomic E-state index is 8.96. The van der Waals surface area contributed by atoms with Crippen LogP contribution in [-0.4, -0.2) is 10.1 Å². The molecule has 0 aliphatic heterocycles. The summed E-state index contributed by atoms with van der Waals surface area (Å²) in [4.78, 5) is 4.61. The number of nitrogens with zero attached hydrogens (tertiary/aromatic N) is 1. The Morgan fingerprint density at radius 3 is 2.62 bits per heavy atom. The third-order valence-electron chi connectivity index (χ3n) is 1.79. The van der Waals surface area contributed by atoms with E-state index in [9.17, 15) is 0 Å². The number of aliphatic hydroxyl groups excluding tert-OH is 1. The fourth-order valence-corrected chi connectivity index (χ4v) is 2.40. The Kier molecular flexibility index (Phi) is 4.01. The van der Waals surface area contributed by atoms with Crippen LogP contribution in [0.4, 0.5) is 0 Å². The van der Waals surface area contributed by atoms with Gasteiger partial charge in [-0.1, -0.05) is 22.9 Å². The number of hydrogen-bond acceptors (Lipinski definition) is 4. The molecule has 2 rings (SSSR count). The van der Waals surface area contributed by atoms with Crippen molar-refractivity contribution in [1.29, 1.82) is 0 Å². The SMILES string of the molecule is OCc1sc(Oc2ccc(I)cc2)nc1Cl. The van der Waals surface area contributed by atoms with Crippen LogP contribution in [0.25, 0.3) is 0 Å². The predicted octanol–water partition coefficient (Wildman–Crippen LogP) is 3.69. The highest BCUT2D eigenvalue weighted by Crippen LogP contribution is 2.31. The minimum absolute atomic E-state index is 0.119. The zero-order valence-electron chi connectivity index (χ0n) is 7.98. The van der Waals surface area contributed by atoms with Crippen LogP contribution >= 0.6 is 45.5 Å². The van der Waals surface area contributed by atoms with E-state index in [1.165, 1.54) is 11.3 Å². The summed E-state index contributed by atoms with van der Waals surface area (Å²) in [5, 5.41) is 9.70. The summed E-state index contributed by atoms with van der Waals surface area (Å²) in [7, 11) is 0. The molecular formula is C10H7ClINO2S. The van der Waals surface area contributed by atoms with Crippen molar-refractivity contribution in [3.8, 4) is 10.9 Å². The molecule has 1 aromatic carbocycles. The van der Waals surface area contributed by atoms with Gasteiger partial charge in [0.15, 0.2) is 0 Å². The monoisotopic (exact) mass is 367 g/mol. The van der Waals surface area contributed by atoms with Crippen LogP contribution in [0.5, 0.6) is 10.9 Å². The Bertz CT molecular complexity index is 486. The number of ether oxygens (including phenoxy) is 1. The molecule has 0 spiro atoms. The molecule has 84 valence electrons. The maximum atomic E-state index is 8.96. The van der Waals surface area contributed by atoms with Gasteiger partial charge in [0.1, 0.15) is 10.9 Å². The van der Waals surface area contributed by atoms with Crippen molar-refractivity contribution in [1.82, 2.24) is 4.98 Å². The summed E-state index contributed by atoms with van der Waals surface area (Å²) in [6, 6.07) is 7.60. The average molecular weight is 368 g/mol. The van der Waals surface area contributed by atoms with E-state index >= 15 is 0 Å². The molecule has 0 saturated carbocycles. The van der Waals surface area contributed by atoms with Crippen molar-refractivity contribution in [3.05, 3.63) is 37.9 Å². The third kappa shape index (κ3) is 2.85. The second kappa shape index (κ2) is 5.31. The van der Waals surface area contributed by atoms with Gasteiger partial charge < -0.3 is 9.84 Å². The summed E-state index contributed by atoms with van der Waals surface area (Å²) in [5.74, 6) is 0.704. The number of rotatable bonds is 3. The molecule has 1 heterocycles. The van der Waals surface area contributed by atoms with Crippen molar-refractivity contribution in [2.75, 3.05) is 0 Å². The highest BCUT2D eigenvalue weighted by molar-refractivity contribution is 14.1. The maximum Gasteiger partial charge on any atom is 0.280 e. The third-order valence-corrected chi connectivity index (χ3v) is 3.85. The molecule has 1 N–H and O–H groups in total. The van der Waals surface area contributed by atoms with E-state index in [1.54, 1.807) is 0 Å². The fourth-order valence-electron chi connectivity index (χ4n) is 1.06.